The Morgan fingerprint density at radius 3 is 2.57 bits per heavy atom. The molecule has 0 atom stereocenters. The van der Waals surface area contributed by atoms with Crippen molar-refractivity contribution in [2.45, 2.75) is 6.42 Å². The number of carboxylic acids is 1. The van der Waals surface area contributed by atoms with Crippen molar-refractivity contribution in [2.24, 2.45) is 0 Å². The van der Waals surface area contributed by atoms with Crippen molar-refractivity contribution in [3.63, 3.8) is 0 Å². The lowest BCUT2D eigenvalue weighted by Gasteiger charge is -2.06. The van der Waals surface area contributed by atoms with Crippen LogP contribution in [0.25, 0.3) is 11.1 Å². The molecule has 1 aliphatic rings. The lowest BCUT2D eigenvalue weighted by atomic mass is 10.1. The monoisotopic (exact) mass is 279 g/mol. The molecule has 4 heteroatoms. The molecule has 0 aromatic heterocycles. The first-order valence-corrected chi connectivity index (χ1v) is 6.57. The van der Waals surface area contributed by atoms with E-state index in [-0.39, 0.29) is 0 Å². The standard InChI is InChI=1S/C17H13NO3/c19-16(7-8-17(20)21)18-13-6-5-12-9-11-3-1-2-4-14(11)15(12)10-13/h1-8,10H,9H2,(H,18,19)(H,20,21). The van der Waals surface area contributed by atoms with Crippen molar-refractivity contribution in [2.75, 3.05) is 5.32 Å². The van der Waals surface area contributed by atoms with E-state index in [0.29, 0.717) is 5.69 Å². The number of hydrogen-bond acceptors (Lipinski definition) is 2. The molecule has 1 aliphatic carbocycles. The Morgan fingerprint density at radius 2 is 1.76 bits per heavy atom. The molecule has 4 nitrogen and oxygen atoms in total. The Balaban J connectivity index is 1.85. The van der Waals surface area contributed by atoms with Gasteiger partial charge in [-0.25, -0.2) is 4.79 Å². The maximum atomic E-state index is 11.6. The molecule has 0 saturated heterocycles. The number of carbonyl (C=O) groups excluding carboxylic acids is 1. The lowest BCUT2D eigenvalue weighted by Crippen LogP contribution is -2.08. The molecule has 21 heavy (non-hydrogen) atoms. The van der Waals surface area contributed by atoms with E-state index in [0.717, 1.165) is 24.1 Å². The van der Waals surface area contributed by atoms with Gasteiger partial charge < -0.3 is 10.4 Å². The van der Waals surface area contributed by atoms with Gasteiger partial charge in [0.15, 0.2) is 0 Å². The first kappa shape index (κ1) is 13.1. The number of anilines is 1. The number of carbonyl (C=O) groups is 2. The van der Waals surface area contributed by atoms with Crippen LogP contribution in [-0.4, -0.2) is 17.0 Å². The molecule has 0 heterocycles. The fraction of sp³-hybridized carbons (Fsp3) is 0.0588. The molecular formula is C17H13NO3. The van der Waals surface area contributed by atoms with Gasteiger partial charge in [-0.3, -0.25) is 4.79 Å². The third kappa shape index (κ3) is 2.69. The molecule has 2 aromatic rings. The molecule has 0 saturated carbocycles. The van der Waals surface area contributed by atoms with Crippen molar-refractivity contribution in [1.82, 2.24) is 0 Å². The normalized spacial score (nSPS) is 12.0. The number of benzene rings is 2. The predicted molar refractivity (Wildman–Crippen MR) is 80.1 cm³/mol. The largest absolute Gasteiger partial charge is 0.478 e. The van der Waals surface area contributed by atoms with Gasteiger partial charge in [-0.1, -0.05) is 30.3 Å². The second kappa shape index (κ2) is 5.25. The van der Waals surface area contributed by atoms with E-state index in [4.69, 9.17) is 5.11 Å². The van der Waals surface area contributed by atoms with Crippen molar-refractivity contribution in [3.8, 4) is 11.1 Å². The molecule has 0 aliphatic heterocycles. The number of fused-ring (bicyclic) bond motifs is 3. The molecule has 1 amide bonds. The van der Waals surface area contributed by atoms with Crippen LogP contribution in [0.15, 0.2) is 54.6 Å². The highest BCUT2D eigenvalue weighted by Gasteiger charge is 2.17. The van der Waals surface area contributed by atoms with E-state index in [2.05, 4.69) is 17.4 Å². The van der Waals surface area contributed by atoms with Gasteiger partial charge in [0.05, 0.1) is 0 Å². The molecule has 0 bridgehead atoms. The Labute approximate surface area is 121 Å². The summed E-state index contributed by atoms with van der Waals surface area (Å²) in [5.74, 6) is -1.60. The van der Waals surface area contributed by atoms with Crippen LogP contribution in [0.1, 0.15) is 11.1 Å². The first-order chi connectivity index (χ1) is 10.1. The third-order valence-electron chi connectivity index (χ3n) is 3.44. The minimum absolute atomic E-state index is 0.455. The number of carboxylic acid groups (broad SMARTS) is 1. The maximum Gasteiger partial charge on any atom is 0.328 e. The van der Waals surface area contributed by atoms with Crippen LogP contribution in [0.4, 0.5) is 5.69 Å². The van der Waals surface area contributed by atoms with E-state index in [9.17, 15) is 9.59 Å². The summed E-state index contributed by atoms with van der Waals surface area (Å²) in [6.45, 7) is 0. The highest BCUT2D eigenvalue weighted by Crippen LogP contribution is 2.37. The Bertz CT molecular complexity index is 762. The predicted octanol–water partition coefficient (Wildman–Crippen LogP) is 2.84. The molecule has 0 unspecified atom stereocenters. The molecule has 2 aromatic carbocycles. The van der Waals surface area contributed by atoms with Gasteiger partial charge in [0.1, 0.15) is 0 Å². The molecule has 0 radical (unpaired) electrons. The molecule has 2 N–H and O–H groups in total. The van der Waals surface area contributed by atoms with Crippen molar-refractivity contribution in [3.05, 3.63) is 65.7 Å². The van der Waals surface area contributed by atoms with Crippen molar-refractivity contribution >= 4 is 17.6 Å². The fourth-order valence-corrected chi connectivity index (χ4v) is 2.53. The smallest absolute Gasteiger partial charge is 0.328 e. The highest BCUT2D eigenvalue weighted by molar-refractivity contribution is 6.02. The minimum Gasteiger partial charge on any atom is -0.478 e. The summed E-state index contributed by atoms with van der Waals surface area (Å²) < 4.78 is 0. The SMILES string of the molecule is O=C(O)C=CC(=O)Nc1ccc2c(c1)-c1ccccc1C2. The average molecular weight is 279 g/mol. The quantitative estimate of drug-likeness (QED) is 0.724. The average Bonchev–Trinajstić information content (AvgIpc) is 2.83. The second-order valence-electron chi connectivity index (χ2n) is 4.87. The molecule has 0 spiro atoms. The number of rotatable bonds is 3. The minimum atomic E-state index is -1.15. The zero-order valence-corrected chi connectivity index (χ0v) is 11.2. The van der Waals surface area contributed by atoms with Gasteiger partial charge in [-0.05, 0) is 40.8 Å². The Hall–Kier alpha value is -2.88. The van der Waals surface area contributed by atoms with Crippen molar-refractivity contribution in [1.29, 1.82) is 0 Å². The molecular weight excluding hydrogens is 266 g/mol. The third-order valence-corrected chi connectivity index (χ3v) is 3.44. The zero-order chi connectivity index (χ0) is 14.8. The number of hydrogen-bond donors (Lipinski definition) is 2. The number of aliphatic carboxylic acids is 1. The van der Waals surface area contributed by atoms with E-state index in [1.807, 2.05) is 30.3 Å². The van der Waals surface area contributed by atoms with Gasteiger partial charge in [-0.15, -0.1) is 0 Å². The van der Waals surface area contributed by atoms with Gasteiger partial charge >= 0.3 is 5.97 Å². The van der Waals surface area contributed by atoms with E-state index in [1.54, 1.807) is 0 Å². The lowest BCUT2D eigenvalue weighted by molar-refractivity contribution is -0.131. The topological polar surface area (TPSA) is 66.4 Å². The summed E-state index contributed by atoms with van der Waals surface area (Å²) in [4.78, 5) is 22.0. The summed E-state index contributed by atoms with van der Waals surface area (Å²) in [7, 11) is 0. The zero-order valence-electron chi connectivity index (χ0n) is 11.2. The van der Waals surface area contributed by atoms with E-state index in [1.165, 1.54) is 16.7 Å². The Kier molecular flexibility index (Phi) is 3.28. The van der Waals surface area contributed by atoms with Gasteiger partial charge in [0, 0.05) is 17.8 Å². The molecule has 3 rings (SSSR count). The Morgan fingerprint density at radius 1 is 1.00 bits per heavy atom. The van der Waals surface area contributed by atoms with Gasteiger partial charge in [-0.2, -0.15) is 0 Å². The fourth-order valence-electron chi connectivity index (χ4n) is 2.53. The van der Waals surface area contributed by atoms with Crippen LogP contribution in [0.2, 0.25) is 0 Å². The van der Waals surface area contributed by atoms with Crippen LogP contribution in [0, 0.1) is 0 Å². The summed E-state index contributed by atoms with van der Waals surface area (Å²) in [6.07, 6.45) is 2.72. The molecule has 0 fully saturated rings. The second-order valence-corrected chi connectivity index (χ2v) is 4.87. The van der Waals surface area contributed by atoms with Gasteiger partial charge in [0.2, 0.25) is 5.91 Å². The van der Waals surface area contributed by atoms with Crippen LogP contribution >= 0.6 is 0 Å². The number of amides is 1. The highest BCUT2D eigenvalue weighted by atomic mass is 16.4. The van der Waals surface area contributed by atoms with Crippen molar-refractivity contribution < 1.29 is 14.7 Å². The van der Waals surface area contributed by atoms with Crippen LogP contribution in [0.3, 0.4) is 0 Å². The summed E-state index contributed by atoms with van der Waals surface area (Å²) in [6, 6.07) is 13.9. The van der Waals surface area contributed by atoms with E-state index >= 15 is 0 Å². The number of nitrogens with one attached hydrogen (secondary N) is 1. The maximum absolute atomic E-state index is 11.6. The van der Waals surface area contributed by atoms with Crippen LogP contribution in [0.5, 0.6) is 0 Å². The first-order valence-electron chi connectivity index (χ1n) is 6.57. The summed E-state index contributed by atoms with van der Waals surface area (Å²) in [5, 5.41) is 11.2. The van der Waals surface area contributed by atoms with Crippen LogP contribution in [-0.2, 0) is 16.0 Å². The molecule has 104 valence electrons. The van der Waals surface area contributed by atoms with E-state index < -0.39 is 11.9 Å². The van der Waals surface area contributed by atoms with Gasteiger partial charge in [0.25, 0.3) is 0 Å². The summed E-state index contributed by atoms with van der Waals surface area (Å²) >= 11 is 0. The summed E-state index contributed by atoms with van der Waals surface area (Å²) in [5.41, 5.74) is 5.47. The van der Waals surface area contributed by atoms with Crippen LogP contribution < -0.4 is 5.32 Å².